The van der Waals surface area contributed by atoms with Crippen molar-refractivity contribution >= 4 is 5.91 Å². The highest BCUT2D eigenvalue weighted by Crippen LogP contribution is 2.03. The maximum Gasteiger partial charge on any atom is 0.277 e. The normalized spacial score (nSPS) is 11.6. The van der Waals surface area contributed by atoms with Gasteiger partial charge in [-0.2, -0.15) is 0 Å². The summed E-state index contributed by atoms with van der Waals surface area (Å²) in [4.78, 5) is 21.6. The fraction of sp³-hybridized carbons (Fsp3) is 0.182. The lowest BCUT2D eigenvalue weighted by Crippen LogP contribution is -2.24. The quantitative estimate of drug-likeness (QED) is 0.461. The SMILES string of the molecule is C/C(O)=C(\N=O)C(=O)NCc1ccccc1. The fourth-order valence-corrected chi connectivity index (χ4v) is 1.13. The molecule has 0 radical (unpaired) electrons. The van der Waals surface area contributed by atoms with E-state index in [0.29, 0.717) is 0 Å². The molecule has 1 aromatic rings. The smallest absolute Gasteiger partial charge is 0.277 e. The van der Waals surface area contributed by atoms with Crippen molar-refractivity contribution in [3.63, 3.8) is 0 Å². The lowest BCUT2D eigenvalue weighted by Gasteiger charge is -2.04. The lowest BCUT2D eigenvalue weighted by molar-refractivity contribution is -0.117. The Labute approximate surface area is 92.8 Å². The third-order valence-electron chi connectivity index (χ3n) is 1.94. The van der Waals surface area contributed by atoms with Crippen molar-refractivity contribution in [3.8, 4) is 0 Å². The van der Waals surface area contributed by atoms with Gasteiger partial charge < -0.3 is 10.4 Å². The molecule has 0 bridgehead atoms. The van der Waals surface area contributed by atoms with Crippen LogP contribution >= 0.6 is 0 Å². The standard InChI is InChI=1S/C11H12N2O3/c1-8(14)10(13-16)11(15)12-7-9-5-3-2-4-6-9/h2-6,14H,7H2,1H3,(H,12,15)/b10-8+. The monoisotopic (exact) mass is 220 g/mol. The molecule has 1 amide bonds. The van der Waals surface area contributed by atoms with Crippen LogP contribution in [0.2, 0.25) is 0 Å². The number of hydrogen-bond acceptors (Lipinski definition) is 4. The largest absolute Gasteiger partial charge is 0.510 e. The van der Waals surface area contributed by atoms with E-state index in [9.17, 15) is 9.70 Å². The van der Waals surface area contributed by atoms with Gasteiger partial charge in [0.05, 0.1) is 0 Å². The van der Waals surface area contributed by atoms with Crippen LogP contribution in [0.15, 0.2) is 47.0 Å². The summed E-state index contributed by atoms with van der Waals surface area (Å²) in [6.45, 7) is 1.52. The number of allylic oxidation sites excluding steroid dienone is 1. The number of aliphatic hydroxyl groups excluding tert-OH is 1. The summed E-state index contributed by atoms with van der Waals surface area (Å²) in [7, 11) is 0. The molecule has 0 atom stereocenters. The van der Waals surface area contributed by atoms with Crippen molar-refractivity contribution in [1.82, 2.24) is 5.32 Å². The molecule has 0 saturated heterocycles. The molecule has 0 aliphatic heterocycles. The predicted molar refractivity (Wildman–Crippen MR) is 59.4 cm³/mol. The van der Waals surface area contributed by atoms with Crippen LogP contribution in [0.3, 0.4) is 0 Å². The maximum absolute atomic E-state index is 11.4. The predicted octanol–water partition coefficient (Wildman–Crippen LogP) is 1.86. The summed E-state index contributed by atoms with van der Waals surface area (Å²) in [5.41, 5.74) is 0.410. The second kappa shape index (κ2) is 5.65. The highest BCUT2D eigenvalue weighted by Gasteiger charge is 2.12. The summed E-state index contributed by atoms with van der Waals surface area (Å²) >= 11 is 0. The Bertz CT molecular complexity index is 408. The Kier molecular flexibility index (Phi) is 4.20. The number of carbonyl (C=O) groups excluding carboxylic acids is 1. The van der Waals surface area contributed by atoms with Gasteiger partial charge in [-0.05, 0) is 17.7 Å². The van der Waals surface area contributed by atoms with E-state index in [1.165, 1.54) is 6.92 Å². The molecule has 84 valence electrons. The number of rotatable bonds is 4. The molecule has 0 fully saturated rings. The average Bonchev–Trinajstić information content (AvgIpc) is 2.28. The summed E-state index contributed by atoms with van der Waals surface area (Å²) in [5.74, 6) is -1.07. The molecular weight excluding hydrogens is 208 g/mol. The van der Waals surface area contributed by atoms with Crippen molar-refractivity contribution in [3.05, 3.63) is 52.3 Å². The molecule has 0 aliphatic carbocycles. The summed E-state index contributed by atoms with van der Waals surface area (Å²) in [6.07, 6.45) is 0. The first kappa shape index (κ1) is 11.9. The van der Waals surface area contributed by atoms with Crippen LogP contribution in [0.5, 0.6) is 0 Å². The van der Waals surface area contributed by atoms with Gasteiger partial charge in [0.25, 0.3) is 5.91 Å². The molecule has 0 spiro atoms. The Hall–Kier alpha value is -2.17. The Morgan fingerprint density at radius 2 is 2.00 bits per heavy atom. The Morgan fingerprint density at radius 3 is 2.50 bits per heavy atom. The van der Waals surface area contributed by atoms with Gasteiger partial charge in [0.15, 0.2) is 0 Å². The minimum atomic E-state index is -0.682. The van der Waals surface area contributed by atoms with Gasteiger partial charge >= 0.3 is 0 Å². The summed E-state index contributed by atoms with van der Waals surface area (Å²) in [6, 6.07) is 9.22. The van der Waals surface area contributed by atoms with E-state index in [2.05, 4.69) is 10.5 Å². The number of nitrogens with zero attached hydrogens (tertiary/aromatic N) is 1. The van der Waals surface area contributed by atoms with Crippen LogP contribution in [0.4, 0.5) is 0 Å². The Balaban J connectivity index is 2.60. The molecule has 5 nitrogen and oxygen atoms in total. The molecule has 5 heteroatoms. The van der Waals surface area contributed by atoms with Crippen LogP contribution in [-0.4, -0.2) is 11.0 Å². The summed E-state index contributed by atoms with van der Waals surface area (Å²) < 4.78 is 0. The fourth-order valence-electron chi connectivity index (χ4n) is 1.13. The molecule has 16 heavy (non-hydrogen) atoms. The van der Waals surface area contributed by atoms with Gasteiger partial charge in [-0.25, -0.2) is 0 Å². The van der Waals surface area contributed by atoms with Gasteiger partial charge in [-0.1, -0.05) is 30.3 Å². The zero-order valence-corrected chi connectivity index (χ0v) is 8.80. The van der Waals surface area contributed by atoms with Crippen LogP contribution in [0, 0.1) is 4.91 Å². The summed E-state index contributed by atoms with van der Waals surface area (Å²) in [5, 5.41) is 14.0. The molecular formula is C11H12N2O3. The molecule has 0 saturated carbocycles. The topological polar surface area (TPSA) is 78.8 Å². The molecule has 1 rings (SSSR count). The first-order chi connectivity index (χ1) is 7.65. The maximum atomic E-state index is 11.4. The highest BCUT2D eigenvalue weighted by molar-refractivity contribution is 5.93. The van der Waals surface area contributed by atoms with Gasteiger partial charge in [0.2, 0.25) is 5.70 Å². The number of amides is 1. The van der Waals surface area contributed by atoms with Crippen molar-refractivity contribution in [2.45, 2.75) is 13.5 Å². The number of carbonyl (C=O) groups is 1. The molecule has 0 aliphatic rings. The van der Waals surface area contributed by atoms with Crippen molar-refractivity contribution in [2.24, 2.45) is 5.18 Å². The minimum Gasteiger partial charge on any atom is -0.510 e. The van der Waals surface area contributed by atoms with E-state index >= 15 is 0 Å². The zero-order chi connectivity index (χ0) is 12.0. The molecule has 0 aromatic heterocycles. The second-order valence-corrected chi connectivity index (χ2v) is 3.19. The highest BCUT2D eigenvalue weighted by atomic mass is 16.3. The van der Waals surface area contributed by atoms with Gasteiger partial charge in [0.1, 0.15) is 5.76 Å². The minimum absolute atomic E-state index is 0.284. The third kappa shape index (κ3) is 3.20. The number of nitroso groups, excluding NO2 is 1. The average molecular weight is 220 g/mol. The first-order valence-corrected chi connectivity index (χ1v) is 4.70. The second-order valence-electron chi connectivity index (χ2n) is 3.19. The van der Waals surface area contributed by atoms with Gasteiger partial charge in [0, 0.05) is 6.54 Å². The van der Waals surface area contributed by atoms with E-state index in [1.54, 1.807) is 0 Å². The van der Waals surface area contributed by atoms with Gasteiger partial charge in [-0.15, -0.1) is 4.91 Å². The molecule has 1 aromatic carbocycles. The van der Waals surface area contributed by atoms with Crippen molar-refractivity contribution in [1.29, 1.82) is 0 Å². The third-order valence-corrected chi connectivity index (χ3v) is 1.94. The zero-order valence-electron chi connectivity index (χ0n) is 8.80. The van der Waals surface area contributed by atoms with Gasteiger partial charge in [-0.3, -0.25) is 4.79 Å². The van der Waals surface area contributed by atoms with E-state index in [1.807, 2.05) is 30.3 Å². The number of aliphatic hydroxyl groups is 1. The molecule has 0 heterocycles. The first-order valence-electron chi connectivity index (χ1n) is 4.70. The number of nitrogens with one attached hydrogen (secondary N) is 1. The van der Waals surface area contributed by atoms with E-state index < -0.39 is 11.6 Å². The lowest BCUT2D eigenvalue weighted by atomic mass is 10.2. The Morgan fingerprint density at radius 1 is 1.38 bits per heavy atom. The van der Waals surface area contributed by atoms with E-state index in [4.69, 9.17) is 5.11 Å². The van der Waals surface area contributed by atoms with E-state index in [-0.39, 0.29) is 12.3 Å². The van der Waals surface area contributed by atoms with Crippen LogP contribution in [0.25, 0.3) is 0 Å². The molecule has 2 N–H and O–H groups in total. The number of benzene rings is 1. The van der Waals surface area contributed by atoms with Crippen LogP contribution < -0.4 is 5.32 Å². The van der Waals surface area contributed by atoms with Crippen LogP contribution in [0.1, 0.15) is 12.5 Å². The molecule has 0 unspecified atom stereocenters. The number of hydrogen-bond donors (Lipinski definition) is 2. The van der Waals surface area contributed by atoms with E-state index in [0.717, 1.165) is 5.56 Å². The van der Waals surface area contributed by atoms with Crippen LogP contribution in [-0.2, 0) is 11.3 Å². The van der Waals surface area contributed by atoms with Crippen molar-refractivity contribution < 1.29 is 9.90 Å². The van der Waals surface area contributed by atoms with Crippen molar-refractivity contribution in [2.75, 3.05) is 0 Å².